The fraction of sp³-hybridized carbons (Fsp3) is 0.625. The molecule has 0 saturated carbocycles. The van der Waals surface area contributed by atoms with Crippen molar-refractivity contribution in [1.29, 1.82) is 0 Å². The number of nitrogens with two attached hydrogens (primary N) is 1. The maximum atomic E-state index is 5.83. The highest BCUT2D eigenvalue weighted by atomic mass is 32.2. The largest absolute Gasteiger partial charge is 0.368 e. The van der Waals surface area contributed by atoms with Crippen molar-refractivity contribution in [2.24, 2.45) is 0 Å². The van der Waals surface area contributed by atoms with E-state index >= 15 is 0 Å². The molecule has 2 N–H and O–H groups in total. The molecule has 132 valence electrons. The number of hydrogen-bond donors (Lipinski definition) is 1. The summed E-state index contributed by atoms with van der Waals surface area (Å²) < 4.78 is 2.29. The Labute approximate surface area is 148 Å². The van der Waals surface area contributed by atoms with Crippen molar-refractivity contribution in [2.75, 3.05) is 24.7 Å². The first kappa shape index (κ1) is 18.5. The van der Waals surface area contributed by atoms with Crippen molar-refractivity contribution in [1.82, 2.24) is 24.5 Å². The number of unbranched alkanes of at least 4 members (excludes halogenated alkanes) is 1. The van der Waals surface area contributed by atoms with Crippen molar-refractivity contribution in [3.05, 3.63) is 17.2 Å². The molecule has 2 rings (SSSR count). The summed E-state index contributed by atoms with van der Waals surface area (Å²) in [7, 11) is 3.78. The lowest BCUT2D eigenvalue weighted by molar-refractivity contribution is 0.574. The first-order chi connectivity index (χ1) is 11.3. The molecule has 0 bridgehead atoms. The van der Waals surface area contributed by atoms with Crippen molar-refractivity contribution < 1.29 is 0 Å². The third-order valence-corrected chi connectivity index (χ3v) is 4.95. The number of imidazole rings is 1. The summed E-state index contributed by atoms with van der Waals surface area (Å²) in [6.07, 6.45) is 2.30. The second-order valence-electron chi connectivity index (χ2n) is 6.08. The summed E-state index contributed by atoms with van der Waals surface area (Å²) in [4.78, 5) is 19.5. The van der Waals surface area contributed by atoms with Gasteiger partial charge < -0.3 is 15.2 Å². The summed E-state index contributed by atoms with van der Waals surface area (Å²) in [5.74, 6) is 1.50. The highest BCUT2D eigenvalue weighted by Gasteiger charge is 2.19. The SMILES string of the molecule is CCCCn1c(S[C@H](C)c2nc(N)nc(N(C)C)n2)nc(C)c1C. The Balaban J connectivity index is 2.26. The Hall–Kier alpha value is -1.83. The van der Waals surface area contributed by atoms with Gasteiger partial charge in [-0.15, -0.1) is 0 Å². The predicted molar refractivity (Wildman–Crippen MR) is 99.4 cm³/mol. The van der Waals surface area contributed by atoms with Crippen molar-refractivity contribution in [3.8, 4) is 0 Å². The number of nitrogen functional groups attached to an aromatic ring is 1. The van der Waals surface area contributed by atoms with E-state index in [0.29, 0.717) is 11.8 Å². The highest BCUT2D eigenvalue weighted by Crippen LogP contribution is 2.34. The molecule has 2 heterocycles. The molecule has 8 heteroatoms. The van der Waals surface area contributed by atoms with Gasteiger partial charge in [-0.2, -0.15) is 15.0 Å². The van der Waals surface area contributed by atoms with E-state index in [9.17, 15) is 0 Å². The van der Waals surface area contributed by atoms with Crippen LogP contribution in [0.2, 0.25) is 0 Å². The van der Waals surface area contributed by atoms with E-state index in [0.717, 1.165) is 30.2 Å². The van der Waals surface area contributed by atoms with Gasteiger partial charge in [0.15, 0.2) is 5.16 Å². The van der Waals surface area contributed by atoms with E-state index in [4.69, 9.17) is 10.7 Å². The van der Waals surface area contributed by atoms with E-state index in [-0.39, 0.29) is 11.2 Å². The summed E-state index contributed by atoms with van der Waals surface area (Å²) in [6, 6.07) is 0. The molecular formula is C16H27N7S. The van der Waals surface area contributed by atoms with Crippen LogP contribution in [0.1, 0.15) is 49.2 Å². The lowest BCUT2D eigenvalue weighted by Gasteiger charge is -2.15. The third-order valence-electron chi connectivity index (χ3n) is 3.86. The lowest BCUT2D eigenvalue weighted by Crippen LogP contribution is -2.16. The van der Waals surface area contributed by atoms with Crippen LogP contribution in [-0.2, 0) is 6.54 Å². The molecule has 24 heavy (non-hydrogen) atoms. The Morgan fingerprint density at radius 2 is 1.88 bits per heavy atom. The molecule has 0 amide bonds. The molecule has 0 unspecified atom stereocenters. The number of nitrogens with zero attached hydrogens (tertiary/aromatic N) is 6. The number of aryl methyl sites for hydroxylation is 1. The molecule has 1 atom stereocenters. The molecule has 0 aliphatic rings. The predicted octanol–water partition coefficient (Wildman–Crippen LogP) is 2.99. The number of anilines is 2. The van der Waals surface area contributed by atoms with Gasteiger partial charge in [-0.3, -0.25) is 0 Å². The van der Waals surface area contributed by atoms with E-state index in [1.54, 1.807) is 11.8 Å². The van der Waals surface area contributed by atoms with Gasteiger partial charge in [0, 0.05) is 26.3 Å². The molecule has 0 radical (unpaired) electrons. The van der Waals surface area contributed by atoms with E-state index < -0.39 is 0 Å². The zero-order chi connectivity index (χ0) is 17.9. The normalized spacial score (nSPS) is 12.4. The monoisotopic (exact) mass is 349 g/mol. The minimum absolute atomic E-state index is 0.0376. The van der Waals surface area contributed by atoms with Crippen molar-refractivity contribution in [2.45, 2.75) is 57.5 Å². The molecule has 0 aliphatic heterocycles. The van der Waals surface area contributed by atoms with E-state index in [1.165, 1.54) is 5.69 Å². The first-order valence-electron chi connectivity index (χ1n) is 8.22. The smallest absolute Gasteiger partial charge is 0.229 e. The fourth-order valence-electron chi connectivity index (χ4n) is 2.28. The van der Waals surface area contributed by atoms with Gasteiger partial charge in [0.2, 0.25) is 11.9 Å². The molecular weight excluding hydrogens is 322 g/mol. The number of aromatic nitrogens is 5. The van der Waals surface area contributed by atoms with Crippen LogP contribution >= 0.6 is 11.8 Å². The Morgan fingerprint density at radius 3 is 2.50 bits per heavy atom. The summed E-state index contributed by atoms with van der Waals surface area (Å²) >= 11 is 1.66. The average molecular weight is 350 g/mol. The van der Waals surface area contributed by atoms with Crippen LogP contribution in [0.4, 0.5) is 11.9 Å². The van der Waals surface area contributed by atoms with Gasteiger partial charge in [0.25, 0.3) is 0 Å². The molecule has 2 aromatic rings. The molecule has 0 aromatic carbocycles. The second-order valence-corrected chi connectivity index (χ2v) is 7.38. The minimum Gasteiger partial charge on any atom is -0.368 e. The van der Waals surface area contributed by atoms with Crippen LogP contribution in [-0.4, -0.2) is 38.6 Å². The van der Waals surface area contributed by atoms with Crippen LogP contribution in [0.15, 0.2) is 5.16 Å². The first-order valence-corrected chi connectivity index (χ1v) is 9.10. The average Bonchev–Trinajstić information content (AvgIpc) is 2.79. The van der Waals surface area contributed by atoms with Crippen LogP contribution in [0.3, 0.4) is 0 Å². The quantitative estimate of drug-likeness (QED) is 0.769. The minimum atomic E-state index is 0.0376. The van der Waals surface area contributed by atoms with Gasteiger partial charge in [0.05, 0.1) is 10.9 Å². The van der Waals surface area contributed by atoms with Crippen LogP contribution in [0, 0.1) is 13.8 Å². The van der Waals surface area contributed by atoms with Crippen molar-refractivity contribution >= 4 is 23.7 Å². The Morgan fingerprint density at radius 1 is 1.17 bits per heavy atom. The molecule has 0 spiro atoms. The van der Waals surface area contributed by atoms with Gasteiger partial charge in [-0.25, -0.2) is 4.98 Å². The maximum absolute atomic E-state index is 5.83. The van der Waals surface area contributed by atoms with Gasteiger partial charge in [-0.05, 0) is 27.2 Å². The molecule has 0 saturated heterocycles. The number of rotatable bonds is 7. The summed E-state index contributed by atoms with van der Waals surface area (Å²) in [6.45, 7) is 9.43. The zero-order valence-electron chi connectivity index (χ0n) is 15.4. The Kier molecular flexibility index (Phi) is 6.04. The molecule has 0 aliphatic carbocycles. The standard InChI is InChI=1S/C16H27N7S/c1-7-8-9-23-11(3)10(2)18-16(23)24-12(4)13-19-14(17)21-15(20-13)22(5)6/h12H,7-9H2,1-6H3,(H2,17,19,20,21)/t12-/m1/s1. The van der Waals surface area contributed by atoms with Gasteiger partial charge in [-0.1, -0.05) is 25.1 Å². The zero-order valence-corrected chi connectivity index (χ0v) is 16.2. The maximum Gasteiger partial charge on any atom is 0.229 e. The van der Waals surface area contributed by atoms with E-state index in [1.807, 2.05) is 19.0 Å². The van der Waals surface area contributed by atoms with Crippen LogP contribution in [0.25, 0.3) is 0 Å². The van der Waals surface area contributed by atoms with Gasteiger partial charge in [0.1, 0.15) is 5.82 Å². The lowest BCUT2D eigenvalue weighted by atomic mass is 10.3. The van der Waals surface area contributed by atoms with E-state index in [2.05, 4.69) is 47.2 Å². The molecule has 7 nitrogen and oxygen atoms in total. The molecule has 2 aromatic heterocycles. The Bertz CT molecular complexity index is 696. The third kappa shape index (κ3) is 4.17. The fourth-order valence-corrected chi connectivity index (χ4v) is 3.36. The number of thioether (sulfide) groups is 1. The number of hydrogen-bond acceptors (Lipinski definition) is 7. The van der Waals surface area contributed by atoms with Crippen LogP contribution in [0.5, 0.6) is 0 Å². The summed E-state index contributed by atoms with van der Waals surface area (Å²) in [5, 5.41) is 1.05. The summed E-state index contributed by atoms with van der Waals surface area (Å²) in [5.41, 5.74) is 8.13. The topological polar surface area (TPSA) is 85.8 Å². The van der Waals surface area contributed by atoms with Crippen LogP contribution < -0.4 is 10.6 Å². The molecule has 0 fully saturated rings. The van der Waals surface area contributed by atoms with Crippen molar-refractivity contribution in [3.63, 3.8) is 0 Å². The van der Waals surface area contributed by atoms with Gasteiger partial charge >= 0.3 is 0 Å². The second kappa shape index (κ2) is 7.83. The highest BCUT2D eigenvalue weighted by molar-refractivity contribution is 7.99.